The van der Waals surface area contributed by atoms with Gasteiger partial charge in [-0.1, -0.05) is 78.9 Å². The Kier molecular flexibility index (Phi) is 3.99. The van der Waals surface area contributed by atoms with Gasteiger partial charge in [0.2, 0.25) is 0 Å². The van der Waals surface area contributed by atoms with Crippen LogP contribution < -0.4 is 5.32 Å². The Morgan fingerprint density at radius 2 is 1.41 bits per heavy atom. The van der Waals surface area contributed by atoms with Gasteiger partial charge in [-0.25, -0.2) is 0 Å². The highest BCUT2D eigenvalue weighted by Crippen LogP contribution is 2.36. The Balaban J connectivity index is 1.50. The molecule has 0 aliphatic heterocycles. The fourth-order valence-corrected chi connectivity index (χ4v) is 4.02. The summed E-state index contributed by atoms with van der Waals surface area (Å²) in [6.07, 6.45) is 7.86. The van der Waals surface area contributed by atoms with E-state index < -0.39 is 0 Å². The summed E-state index contributed by atoms with van der Waals surface area (Å²) in [5, 5.41) is 8.85. The number of rotatable bonds is 3. The van der Waals surface area contributed by atoms with Crippen molar-refractivity contribution < 1.29 is 0 Å². The third-order valence-corrected chi connectivity index (χ3v) is 5.36. The zero-order valence-electron chi connectivity index (χ0n) is 15.1. The zero-order valence-corrected chi connectivity index (χ0v) is 15.1. The molecule has 0 aromatic heterocycles. The van der Waals surface area contributed by atoms with Gasteiger partial charge in [-0.15, -0.1) is 0 Å². The van der Waals surface area contributed by atoms with Crippen LogP contribution in [0, 0.1) is 0 Å². The number of hydrogen-bond donors (Lipinski definition) is 1. The van der Waals surface area contributed by atoms with E-state index in [-0.39, 0.29) is 0 Å². The minimum atomic E-state index is 0.404. The first kappa shape index (κ1) is 15.9. The predicted octanol–water partition coefficient (Wildman–Crippen LogP) is 7.03. The quantitative estimate of drug-likeness (QED) is 0.392. The summed E-state index contributed by atoms with van der Waals surface area (Å²) in [5.41, 5.74) is 3.71. The maximum Gasteiger partial charge on any atom is 0.0384 e. The highest BCUT2D eigenvalue weighted by Gasteiger charge is 2.15. The number of fused-ring (bicyclic) bond motifs is 3. The van der Waals surface area contributed by atoms with E-state index >= 15 is 0 Å². The molecule has 0 spiro atoms. The van der Waals surface area contributed by atoms with Crippen LogP contribution in [0.25, 0.3) is 21.5 Å². The average molecular weight is 347 g/mol. The number of nitrogens with one attached hydrogen (secondary N) is 1. The SMILES string of the molecule is C1=CC(c2cc3ccccc3c3ccccc23)CC=C1Nc1ccccc1. The van der Waals surface area contributed by atoms with Crippen LogP contribution in [0.1, 0.15) is 17.9 Å². The van der Waals surface area contributed by atoms with Crippen LogP contribution in [0.4, 0.5) is 5.69 Å². The second-order valence-corrected chi connectivity index (χ2v) is 7.08. The van der Waals surface area contributed by atoms with Gasteiger partial charge in [-0.05, 0) is 57.8 Å². The highest BCUT2D eigenvalue weighted by atomic mass is 14.9. The van der Waals surface area contributed by atoms with Crippen molar-refractivity contribution in [3.8, 4) is 0 Å². The van der Waals surface area contributed by atoms with Crippen LogP contribution in [-0.2, 0) is 0 Å². The Morgan fingerprint density at radius 3 is 2.19 bits per heavy atom. The van der Waals surface area contributed by atoms with Gasteiger partial charge in [0.1, 0.15) is 0 Å². The Morgan fingerprint density at radius 1 is 0.704 bits per heavy atom. The normalized spacial score (nSPS) is 16.4. The fraction of sp³-hybridized carbons (Fsp3) is 0.0769. The van der Waals surface area contributed by atoms with Crippen molar-refractivity contribution in [1.82, 2.24) is 0 Å². The molecule has 0 bridgehead atoms. The molecule has 0 saturated carbocycles. The van der Waals surface area contributed by atoms with E-state index in [9.17, 15) is 0 Å². The van der Waals surface area contributed by atoms with Gasteiger partial charge in [0.25, 0.3) is 0 Å². The molecule has 1 atom stereocenters. The van der Waals surface area contributed by atoms with Crippen molar-refractivity contribution in [3.05, 3.63) is 114 Å². The summed E-state index contributed by atoms with van der Waals surface area (Å²) in [5.74, 6) is 0.404. The molecule has 0 radical (unpaired) electrons. The molecule has 130 valence electrons. The second-order valence-electron chi connectivity index (χ2n) is 7.08. The number of para-hydroxylation sites is 1. The van der Waals surface area contributed by atoms with Crippen LogP contribution in [0.3, 0.4) is 0 Å². The summed E-state index contributed by atoms with van der Waals surface area (Å²) < 4.78 is 0. The lowest BCUT2D eigenvalue weighted by molar-refractivity contribution is 0.855. The molecular weight excluding hydrogens is 326 g/mol. The summed E-state index contributed by atoms with van der Waals surface area (Å²) >= 11 is 0. The van der Waals surface area contributed by atoms with Crippen LogP contribution in [0.5, 0.6) is 0 Å². The third kappa shape index (κ3) is 3.02. The van der Waals surface area contributed by atoms with Gasteiger partial charge < -0.3 is 5.32 Å². The molecule has 27 heavy (non-hydrogen) atoms. The van der Waals surface area contributed by atoms with E-state index in [1.54, 1.807) is 0 Å². The molecule has 1 unspecified atom stereocenters. The highest BCUT2D eigenvalue weighted by molar-refractivity contribution is 6.09. The van der Waals surface area contributed by atoms with Crippen LogP contribution in [0.2, 0.25) is 0 Å². The molecule has 4 aromatic rings. The van der Waals surface area contributed by atoms with Crippen LogP contribution in [0.15, 0.2) is 109 Å². The van der Waals surface area contributed by atoms with Crippen molar-refractivity contribution in [3.63, 3.8) is 0 Å². The number of allylic oxidation sites excluding steroid dienone is 3. The first-order chi connectivity index (χ1) is 13.4. The monoisotopic (exact) mass is 347 g/mol. The van der Waals surface area contributed by atoms with Crippen LogP contribution in [-0.4, -0.2) is 0 Å². The van der Waals surface area contributed by atoms with E-state index in [1.807, 2.05) is 6.07 Å². The lowest BCUT2D eigenvalue weighted by Gasteiger charge is -2.20. The van der Waals surface area contributed by atoms with Gasteiger partial charge in [0, 0.05) is 17.3 Å². The summed E-state index contributed by atoms with van der Waals surface area (Å²) in [6, 6.07) is 30.2. The Labute approximate surface area is 159 Å². The topological polar surface area (TPSA) is 12.0 Å². The minimum Gasteiger partial charge on any atom is -0.356 e. The molecule has 1 heteroatoms. The van der Waals surface area contributed by atoms with E-state index in [2.05, 4.69) is 102 Å². The smallest absolute Gasteiger partial charge is 0.0384 e. The molecule has 0 heterocycles. The van der Waals surface area contributed by atoms with Crippen molar-refractivity contribution >= 4 is 27.2 Å². The lowest BCUT2D eigenvalue weighted by atomic mass is 9.86. The molecule has 5 rings (SSSR count). The fourth-order valence-electron chi connectivity index (χ4n) is 4.02. The van der Waals surface area contributed by atoms with Crippen LogP contribution >= 0.6 is 0 Å². The van der Waals surface area contributed by atoms with Crippen molar-refractivity contribution in [2.75, 3.05) is 5.32 Å². The Bertz CT molecular complexity index is 1170. The summed E-state index contributed by atoms with van der Waals surface area (Å²) in [6.45, 7) is 0. The number of hydrogen-bond acceptors (Lipinski definition) is 1. The van der Waals surface area contributed by atoms with Gasteiger partial charge >= 0.3 is 0 Å². The molecular formula is C26H21N. The van der Waals surface area contributed by atoms with E-state index in [0.29, 0.717) is 5.92 Å². The molecule has 1 aliphatic carbocycles. The van der Waals surface area contributed by atoms with E-state index in [4.69, 9.17) is 0 Å². The first-order valence-corrected chi connectivity index (χ1v) is 9.49. The minimum absolute atomic E-state index is 0.404. The van der Waals surface area contributed by atoms with Gasteiger partial charge in [0.15, 0.2) is 0 Å². The molecule has 1 N–H and O–H groups in total. The molecule has 4 aromatic carbocycles. The zero-order chi connectivity index (χ0) is 18.1. The molecule has 0 fully saturated rings. The van der Waals surface area contributed by atoms with Crippen molar-refractivity contribution in [1.29, 1.82) is 0 Å². The molecule has 0 amide bonds. The lowest BCUT2D eigenvalue weighted by Crippen LogP contribution is -2.05. The largest absolute Gasteiger partial charge is 0.356 e. The standard InChI is InChI=1S/C26H21N/c1-2-9-21(10-3-1)27-22-16-14-19(15-17-22)26-18-20-8-4-5-11-23(20)24-12-6-7-13-25(24)26/h1-14,16-19,27H,15H2. The second kappa shape index (κ2) is 6.77. The van der Waals surface area contributed by atoms with Gasteiger partial charge in [-0.3, -0.25) is 0 Å². The molecule has 1 nitrogen and oxygen atoms in total. The third-order valence-electron chi connectivity index (χ3n) is 5.36. The van der Waals surface area contributed by atoms with Crippen molar-refractivity contribution in [2.45, 2.75) is 12.3 Å². The van der Waals surface area contributed by atoms with E-state index in [1.165, 1.54) is 32.8 Å². The first-order valence-electron chi connectivity index (χ1n) is 9.49. The molecule has 1 aliphatic rings. The predicted molar refractivity (Wildman–Crippen MR) is 116 cm³/mol. The molecule has 0 saturated heterocycles. The summed E-state index contributed by atoms with van der Waals surface area (Å²) in [4.78, 5) is 0. The van der Waals surface area contributed by atoms with E-state index in [0.717, 1.165) is 12.1 Å². The number of benzene rings is 4. The number of anilines is 1. The maximum atomic E-state index is 3.49. The maximum absolute atomic E-state index is 3.49. The van der Waals surface area contributed by atoms with Gasteiger partial charge in [-0.2, -0.15) is 0 Å². The van der Waals surface area contributed by atoms with Gasteiger partial charge in [0.05, 0.1) is 0 Å². The summed E-state index contributed by atoms with van der Waals surface area (Å²) in [7, 11) is 0. The van der Waals surface area contributed by atoms with Crippen molar-refractivity contribution in [2.24, 2.45) is 0 Å². The average Bonchev–Trinajstić information content (AvgIpc) is 2.75. The Hall–Kier alpha value is -3.32.